The molecule has 0 amide bonds. The largest absolute Gasteiger partial charge is 0.550 e. The van der Waals surface area contributed by atoms with Crippen LogP contribution in [0.1, 0.15) is 245 Å². The van der Waals surface area contributed by atoms with Crippen LogP contribution in [0.2, 0.25) is 0 Å². The molecule has 0 spiro atoms. The first-order chi connectivity index (χ1) is 21.5. The van der Waals surface area contributed by atoms with E-state index in [4.69, 9.17) is 0 Å². The number of carboxylic acid groups (broad SMARTS) is 2. The Labute approximate surface area is 298 Å². The Balaban J connectivity index is -0.000000779. The van der Waals surface area contributed by atoms with E-state index >= 15 is 0 Å². The van der Waals surface area contributed by atoms with Gasteiger partial charge in [-0.15, -0.1) is 0 Å². The molecule has 45 heavy (non-hydrogen) atoms. The summed E-state index contributed by atoms with van der Waals surface area (Å²) >= 11 is 0. The van der Waals surface area contributed by atoms with E-state index in [1.807, 2.05) is 0 Å². The smallest absolute Gasteiger partial charge is 0.0414 e. The van der Waals surface area contributed by atoms with Crippen molar-refractivity contribution in [1.29, 1.82) is 0 Å². The Kier molecular flexibility index (Phi) is 49.9. The molecule has 0 unspecified atom stereocenters. The van der Waals surface area contributed by atoms with E-state index < -0.39 is 11.9 Å². The zero-order chi connectivity index (χ0) is 32.6. The molecule has 4 nitrogen and oxygen atoms in total. The van der Waals surface area contributed by atoms with Crippen LogP contribution in [0.15, 0.2) is 0 Å². The van der Waals surface area contributed by atoms with Crippen LogP contribution < -0.4 is 10.2 Å². The third-order valence-electron chi connectivity index (χ3n) is 8.97. The molecule has 0 aliphatic heterocycles. The van der Waals surface area contributed by atoms with Crippen molar-refractivity contribution in [2.45, 2.75) is 245 Å². The van der Waals surface area contributed by atoms with Crippen LogP contribution in [0.4, 0.5) is 0 Å². The van der Waals surface area contributed by atoms with Gasteiger partial charge in [0.2, 0.25) is 0 Å². The van der Waals surface area contributed by atoms with Gasteiger partial charge in [-0.05, 0) is 25.7 Å². The van der Waals surface area contributed by atoms with Crippen molar-refractivity contribution in [1.82, 2.24) is 0 Å². The molecule has 0 N–H and O–H groups in total. The van der Waals surface area contributed by atoms with Gasteiger partial charge in [-0.25, -0.2) is 0 Å². The first-order valence-electron chi connectivity index (χ1n) is 19.9. The van der Waals surface area contributed by atoms with Gasteiger partial charge in [-0.2, -0.15) is 0 Å². The molecule has 0 aliphatic carbocycles. The van der Waals surface area contributed by atoms with Crippen molar-refractivity contribution in [3.63, 3.8) is 0 Å². The van der Waals surface area contributed by atoms with Crippen molar-refractivity contribution in [3.05, 3.63) is 0 Å². The number of rotatable bonds is 36. The van der Waals surface area contributed by atoms with E-state index in [-0.39, 0.29) is 35.2 Å². The summed E-state index contributed by atoms with van der Waals surface area (Å²) in [6.07, 6.45) is 45.6. The van der Waals surface area contributed by atoms with E-state index in [9.17, 15) is 19.8 Å². The average Bonchev–Trinajstić information content (AvgIpc) is 3.00. The molecule has 0 aromatic heterocycles. The molecule has 0 aromatic carbocycles. The second-order valence-electron chi connectivity index (χ2n) is 13.6. The van der Waals surface area contributed by atoms with Gasteiger partial charge < -0.3 is 19.8 Å². The maximum Gasteiger partial charge on any atom is 0.0414 e. The fraction of sp³-hybridized carbons (Fsp3) is 0.950. The summed E-state index contributed by atoms with van der Waals surface area (Å²) in [7, 11) is 0. The molecule has 1 radical (unpaired) electrons. The first kappa shape index (κ1) is 49.1. The number of carbonyl (C=O) groups is 2. The van der Waals surface area contributed by atoms with E-state index in [1.54, 1.807) is 0 Å². The summed E-state index contributed by atoms with van der Waals surface area (Å²) in [5, 5.41) is 20.5. The Morgan fingerprint density at radius 3 is 0.556 bits per heavy atom. The van der Waals surface area contributed by atoms with Crippen LogP contribution in [0.25, 0.3) is 0 Å². The Bertz CT molecular complexity index is 554. The molecule has 0 fully saturated rings. The minimum Gasteiger partial charge on any atom is -0.550 e. The van der Waals surface area contributed by atoms with Crippen LogP contribution in [-0.4, -0.2) is 11.9 Å². The predicted molar refractivity (Wildman–Crippen MR) is 188 cm³/mol. The van der Waals surface area contributed by atoms with E-state index in [2.05, 4.69) is 13.8 Å². The van der Waals surface area contributed by atoms with Crippen molar-refractivity contribution in [2.24, 2.45) is 0 Å². The first-order valence-corrected chi connectivity index (χ1v) is 19.9. The summed E-state index contributed by atoms with van der Waals surface area (Å²) in [6, 6.07) is 0. The number of aliphatic carboxylic acids is 2. The number of carbonyl (C=O) groups excluding carboxylic acids is 2. The molecule has 0 saturated heterocycles. The maximum absolute atomic E-state index is 10.3. The third kappa shape index (κ3) is 53.4. The minimum atomic E-state index is -0.903. The topological polar surface area (TPSA) is 80.3 Å². The molecule has 0 aromatic rings. The molecule has 0 saturated carbocycles. The monoisotopic (exact) mass is 729 g/mol. The Hall–Kier alpha value is -0.320. The van der Waals surface area contributed by atoms with Gasteiger partial charge in [-0.1, -0.05) is 219 Å². The summed E-state index contributed by atoms with van der Waals surface area (Å²) in [4.78, 5) is 20.5. The summed E-state index contributed by atoms with van der Waals surface area (Å²) < 4.78 is 0. The maximum atomic E-state index is 10.3. The molecule has 0 rings (SSSR count). The zero-order valence-corrected chi connectivity index (χ0v) is 31.9. The number of hydrogen-bond acceptors (Lipinski definition) is 4. The van der Waals surface area contributed by atoms with Crippen LogP contribution in [0, 0.1) is 0 Å². The van der Waals surface area contributed by atoms with Gasteiger partial charge in [0.25, 0.3) is 0 Å². The zero-order valence-electron chi connectivity index (χ0n) is 30.4. The van der Waals surface area contributed by atoms with Gasteiger partial charge in [0.1, 0.15) is 0 Å². The van der Waals surface area contributed by atoms with Crippen molar-refractivity contribution in [3.8, 4) is 0 Å². The van der Waals surface area contributed by atoms with Crippen LogP contribution in [0.3, 0.4) is 0 Å². The van der Waals surface area contributed by atoms with Gasteiger partial charge in [0.15, 0.2) is 0 Å². The van der Waals surface area contributed by atoms with E-state index in [0.29, 0.717) is 0 Å². The normalized spacial score (nSPS) is 10.7. The standard InChI is InChI=1S/C22H44O2.C18H36O2.Ag/c1-2-3-4-5-6-7-8-9-10-11-12-13-14-15-16-17-18-19-20-21-22(23)24;1-2-3-4-5-6-7-8-9-10-11-12-13-14-15-16-17-18(19)20;/h2-21H2,1H3,(H,23,24);2-17H2,1H3,(H,19,20);/p-2. The fourth-order valence-electron chi connectivity index (χ4n) is 5.99. The second-order valence-corrected chi connectivity index (χ2v) is 13.6. The minimum absolute atomic E-state index is 0. The summed E-state index contributed by atoms with van der Waals surface area (Å²) in [6.45, 7) is 4.55. The van der Waals surface area contributed by atoms with Gasteiger partial charge in [-0.3, -0.25) is 0 Å². The third-order valence-corrected chi connectivity index (χ3v) is 8.97. The Morgan fingerprint density at radius 2 is 0.422 bits per heavy atom. The van der Waals surface area contributed by atoms with Crippen molar-refractivity contribution >= 4 is 11.9 Å². The SMILES string of the molecule is CCCCCCCCCCCCCCCCCC(=O)[O-].CCCCCCCCCCCCCCCCCCCCCC(=O)[O-].[Ag]. The quantitative estimate of drug-likeness (QED) is 0.0475. The predicted octanol–water partition coefficient (Wildman–Crippen LogP) is 11.6. The average molecular weight is 731 g/mol. The number of unbranched alkanes of at least 4 members (excludes halogenated alkanes) is 32. The molecule has 0 heterocycles. The molecule has 275 valence electrons. The second kappa shape index (κ2) is 45.8. The van der Waals surface area contributed by atoms with Crippen molar-refractivity contribution < 1.29 is 42.2 Å². The number of hydrogen-bond donors (Lipinski definition) is 0. The number of carboxylic acids is 2. The van der Waals surface area contributed by atoms with E-state index in [0.717, 1.165) is 25.7 Å². The van der Waals surface area contributed by atoms with Crippen molar-refractivity contribution in [2.75, 3.05) is 0 Å². The van der Waals surface area contributed by atoms with E-state index in [1.165, 1.54) is 193 Å². The van der Waals surface area contributed by atoms with Crippen LogP contribution >= 0.6 is 0 Å². The van der Waals surface area contributed by atoms with Gasteiger partial charge in [0, 0.05) is 34.3 Å². The molecule has 0 atom stereocenters. The molecule has 5 heteroatoms. The van der Waals surface area contributed by atoms with Crippen LogP contribution in [0.5, 0.6) is 0 Å². The molecular weight excluding hydrogens is 652 g/mol. The van der Waals surface area contributed by atoms with Crippen LogP contribution in [-0.2, 0) is 32.0 Å². The Morgan fingerprint density at radius 1 is 0.289 bits per heavy atom. The molecule has 0 bridgehead atoms. The summed E-state index contributed by atoms with van der Waals surface area (Å²) in [5.41, 5.74) is 0. The van der Waals surface area contributed by atoms with Gasteiger partial charge in [0.05, 0.1) is 0 Å². The summed E-state index contributed by atoms with van der Waals surface area (Å²) in [5.74, 6) is -1.80. The molecule has 0 aliphatic rings. The molecular formula is C40H78AgO4-2. The fourth-order valence-corrected chi connectivity index (χ4v) is 5.99. The van der Waals surface area contributed by atoms with Gasteiger partial charge >= 0.3 is 0 Å².